The van der Waals surface area contributed by atoms with Crippen molar-refractivity contribution in [2.24, 2.45) is 4.99 Å². The third-order valence-corrected chi connectivity index (χ3v) is 3.42. The smallest absolute Gasteiger partial charge is 0.188 e. The van der Waals surface area contributed by atoms with Crippen molar-refractivity contribution < 1.29 is 4.74 Å². The van der Waals surface area contributed by atoms with Gasteiger partial charge in [-0.1, -0.05) is 29.8 Å². The molecule has 17 heavy (non-hydrogen) atoms. The minimum atomic E-state index is 0.316. The van der Waals surface area contributed by atoms with Crippen molar-refractivity contribution >= 4 is 5.90 Å². The molecule has 0 aliphatic carbocycles. The fourth-order valence-corrected chi connectivity index (χ4v) is 2.56. The summed E-state index contributed by atoms with van der Waals surface area (Å²) in [5.41, 5.74) is 2.58. The second-order valence-electron chi connectivity index (χ2n) is 4.91. The first-order valence-electron chi connectivity index (χ1n) is 6.31. The SMILES string of the molecule is Cc1cccc(CC2=NC3CNCCC3O2)c1. The number of aryl methyl sites for hydroxylation is 1. The number of nitrogens with one attached hydrogen (secondary N) is 1. The van der Waals surface area contributed by atoms with Crippen molar-refractivity contribution in [2.75, 3.05) is 13.1 Å². The van der Waals surface area contributed by atoms with Crippen LogP contribution in [0.1, 0.15) is 17.5 Å². The average Bonchev–Trinajstić information content (AvgIpc) is 2.71. The van der Waals surface area contributed by atoms with Crippen LogP contribution in [0.4, 0.5) is 0 Å². The van der Waals surface area contributed by atoms with E-state index in [2.05, 4.69) is 41.5 Å². The van der Waals surface area contributed by atoms with E-state index in [0.29, 0.717) is 12.1 Å². The number of aliphatic imine (C=N–C) groups is 1. The molecule has 3 nitrogen and oxygen atoms in total. The number of rotatable bonds is 2. The van der Waals surface area contributed by atoms with Gasteiger partial charge >= 0.3 is 0 Å². The van der Waals surface area contributed by atoms with Gasteiger partial charge in [0.05, 0.1) is 0 Å². The lowest BCUT2D eigenvalue weighted by molar-refractivity contribution is 0.158. The van der Waals surface area contributed by atoms with E-state index in [-0.39, 0.29) is 0 Å². The zero-order valence-corrected chi connectivity index (χ0v) is 10.1. The Morgan fingerprint density at radius 2 is 2.41 bits per heavy atom. The normalized spacial score (nSPS) is 27.2. The highest BCUT2D eigenvalue weighted by Crippen LogP contribution is 2.21. The van der Waals surface area contributed by atoms with Gasteiger partial charge in [-0.2, -0.15) is 0 Å². The Labute approximate surface area is 102 Å². The monoisotopic (exact) mass is 230 g/mol. The van der Waals surface area contributed by atoms with E-state index in [9.17, 15) is 0 Å². The molecular formula is C14H18N2O. The Hall–Kier alpha value is -1.35. The van der Waals surface area contributed by atoms with E-state index < -0.39 is 0 Å². The first kappa shape index (κ1) is 10.8. The Morgan fingerprint density at radius 1 is 1.47 bits per heavy atom. The standard InChI is InChI=1S/C14H18N2O/c1-10-3-2-4-11(7-10)8-14-16-12-9-15-6-5-13(12)17-14/h2-4,7,12-13,15H,5-6,8-9H2,1H3. The summed E-state index contributed by atoms with van der Waals surface area (Å²) in [6, 6.07) is 8.88. The lowest BCUT2D eigenvalue weighted by Crippen LogP contribution is -2.41. The highest BCUT2D eigenvalue weighted by Gasteiger charge is 2.32. The van der Waals surface area contributed by atoms with E-state index in [1.165, 1.54) is 11.1 Å². The maximum atomic E-state index is 5.92. The van der Waals surface area contributed by atoms with Crippen LogP contribution in [0.5, 0.6) is 0 Å². The molecule has 2 heterocycles. The first-order valence-corrected chi connectivity index (χ1v) is 6.31. The van der Waals surface area contributed by atoms with Crippen molar-refractivity contribution in [2.45, 2.75) is 31.9 Å². The average molecular weight is 230 g/mol. The van der Waals surface area contributed by atoms with Crippen molar-refractivity contribution in [3.05, 3.63) is 35.4 Å². The predicted molar refractivity (Wildman–Crippen MR) is 68.5 cm³/mol. The van der Waals surface area contributed by atoms with E-state index in [1.54, 1.807) is 0 Å². The summed E-state index contributed by atoms with van der Waals surface area (Å²) in [6.07, 6.45) is 2.22. The molecule has 2 unspecified atom stereocenters. The lowest BCUT2D eigenvalue weighted by atomic mass is 10.1. The molecule has 90 valence electrons. The zero-order chi connectivity index (χ0) is 11.7. The number of piperidine rings is 1. The van der Waals surface area contributed by atoms with Gasteiger partial charge in [0.1, 0.15) is 12.1 Å². The quantitative estimate of drug-likeness (QED) is 0.839. The fourth-order valence-electron chi connectivity index (χ4n) is 2.56. The van der Waals surface area contributed by atoms with Gasteiger partial charge in [-0.15, -0.1) is 0 Å². The number of nitrogens with zero attached hydrogens (tertiary/aromatic N) is 1. The highest BCUT2D eigenvalue weighted by molar-refractivity contribution is 5.80. The van der Waals surface area contributed by atoms with Crippen LogP contribution < -0.4 is 5.32 Å². The molecule has 2 aliphatic rings. The van der Waals surface area contributed by atoms with Gasteiger partial charge in [0, 0.05) is 13.0 Å². The van der Waals surface area contributed by atoms with E-state index in [0.717, 1.165) is 31.8 Å². The molecule has 1 fully saturated rings. The van der Waals surface area contributed by atoms with Crippen molar-refractivity contribution in [3.8, 4) is 0 Å². The predicted octanol–water partition coefficient (Wildman–Crippen LogP) is 1.70. The van der Waals surface area contributed by atoms with Crippen LogP contribution in [-0.2, 0) is 11.2 Å². The zero-order valence-electron chi connectivity index (χ0n) is 10.1. The molecule has 1 aromatic rings. The van der Waals surface area contributed by atoms with Crippen LogP contribution in [0.3, 0.4) is 0 Å². The number of fused-ring (bicyclic) bond motifs is 1. The topological polar surface area (TPSA) is 33.6 Å². The molecule has 0 radical (unpaired) electrons. The summed E-state index contributed by atoms with van der Waals surface area (Å²) in [7, 11) is 0. The van der Waals surface area contributed by atoms with Crippen molar-refractivity contribution in [1.29, 1.82) is 0 Å². The maximum absolute atomic E-state index is 5.92. The highest BCUT2D eigenvalue weighted by atomic mass is 16.5. The van der Waals surface area contributed by atoms with Gasteiger partial charge < -0.3 is 10.1 Å². The number of hydrogen-bond donors (Lipinski definition) is 1. The van der Waals surface area contributed by atoms with Crippen LogP contribution in [0.25, 0.3) is 0 Å². The summed E-state index contributed by atoms with van der Waals surface area (Å²) in [4.78, 5) is 4.67. The van der Waals surface area contributed by atoms with Crippen LogP contribution in [0.2, 0.25) is 0 Å². The van der Waals surface area contributed by atoms with E-state index in [1.807, 2.05) is 0 Å². The number of ether oxygens (including phenoxy) is 1. The largest absolute Gasteiger partial charge is 0.475 e. The maximum Gasteiger partial charge on any atom is 0.188 e. The Kier molecular flexibility index (Phi) is 2.85. The fraction of sp³-hybridized carbons (Fsp3) is 0.500. The van der Waals surface area contributed by atoms with Gasteiger partial charge in [0.2, 0.25) is 0 Å². The number of hydrogen-bond acceptors (Lipinski definition) is 3. The molecule has 0 bridgehead atoms. The van der Waals surface area contributed by atoms with Crippen LogP contribution >= 0.6 is 0 Å². The minimum Gasteiger partial charge on any atom is -0.475 e. The summed E-state index contributed by atoms with van der Waals surface area (Å²) in [6.45, 7) is 4.13. The molecule has 0 aromatic heterocycles. The summed E-state index contributed by atoms with van der Waals surface area (Å²) in [5.74, 6) is 0.911. The minimum absolute atomic E-state index is 0.316. The van der Waals surface area contributed by atoms with Gasteiger partial charge in [-0.3, -0.25) is 0 Å². The molecule has 1 N–H and O–H groups in total. The summed E-state index contributed by atoms with van der Waals surface area (Å²) < 4.78 is 5.92. The molecule has 2 atom stereocenters. The van der Waals surface area contributed by atoms with E-state index >= 15 is 0 Å². The first-order chi connectivity index (χ1) is 8.31. The molecule has 3 rings (SSSR count). The van der Waals surface area contributed by atoms with Gasteiger partial charge in [0.15, 0.2) is 5.90 Å². The van der Waals surface area contributed by atoms with Crippen molar-refractivity contribution in [3.63, 3.8) is 0 Å². The summed E-state index contributed by atoms with van der Waals surface area (Å²) >= 11 is 0. The molecule has 3 heteroatoms. The van der Waals surface area contributed by atoms with Crippen LogP contribution in [-0.4, -0.2) is 31.1 Å². The molecule has 0 saturated carbocycles. The third kappa shape index (κ3) is 2.34. The van der Waals surface area contributed by atoms with Crippen LogP contribution in [0.15, 0.2) is 29.3 Å². The second kappa shape index (κ2) is 4.49. The van der Waals surface area contributed by atoms with Gasteiger partial charge in [-0.05, 0) is 25.5 Å². The lowest BCUT2D eigenvalue weighted by Gasteiger charge is -2.23. The molecule has 2 aliphatic heterocycles. The number of benzene rings is 1. The van der Waals surface area contributed by atoms with Gasteiger partial charge in [-0.25, -0.2) is 4.99 Å². The Morgan fingerprint density at radius 3 is 3.24 bits per heavy atom. The molecule has 0 amide bonds. The Bertz CT molecular complexity index is 442. The molecule has 1 saturated heterocycles. The molecule has 1 aromatic carbocycles. The van der Waals surface area contributed by atoms with E-state index in [4.69, 9.17) is 4.74 Å². The van der Waals surface area contributed by atoms with Crippen LogP contribution in [0, 0.1) is 6.92 Å². The summed E-state index contributed by atoms with van der Waals surface area (Å²) in [5, 5.41) is 3.36. The Balaban J connectivity index is 1.70. The third-order valence-electron chi connectivity index (χ3n) is 3.42. The molecule has 0 spiro atoms. The van der Waals surface area contributed by atoms with Crippen molar-refractivity contribution in [1.82, 2.24) is 5.32 Å². The van der Waals surface area contributed by atoms with Gasteiger partial charge in [0.25, 0.3) is 0 Å². The molecular weight excluding hydrogens is 212 g/mol. The second-order valence-corrected chi connectivity index (χ2v) is 4.91.